The molecule has 0 saturated heterocycles. The average molecular weight is 565 g/mol. The summed E-state index contributed by atoms with van der Waals surface area (Å²) in [7, 11) is 2.68. The second kappa shape index (κ2) is 10.3. The maximum absolute atomic E-state index is 12.1. The number of esters is 2. The largest absolute Gasteiger partial charge is 0.464 e. The van der Waals surface area contributed by atoms with Crippen LogP contribution in [0.2, 0.25) is 0 Å². The second-order valence-corrected chi connectivity index (χ2v) is 10.2. The predicted molar refractivity (Wildman–Crippen MR) is 166 cm³/mol. The van der Waals surface area contributed by atoms with Gasteiger partial charge in [-0.3, -0.25) is 0 Å². The summed E-state index contributed by atoms with van der Waals surface area (Å²) in [6.07, 6.45) is 0. The summed E-state index contributed by atoms with van der Waals surface area (Å²) in [5, 5.41) is 3.63. The van der Waals surface area contributed by atoms with E-state index in [2.05, 4.69) is 16.0 Å². The SMILES string of the molecule is COC(=O)c1ccc2ccc3ccc(-c4ccc(-c5ccc6ccc7ccc(C(=O)OC)nc7c6n5)c(C)c4)nc3c2n1. The van der Waals surface area contributed by atoms with Gasteiger partial charge in [0.05, 0.1) is 47.7 Å². The third-order valence-corrected chi connectivity index (χ3v) is 7.63. The van der Waals surface area contributed by atoms with Gasteiger partial charge in [0.25, 0.3) is 0 Å². The van der Waals surface area contributed by atoms with Crippen LogP contribution < -0.4 is 0 Å². The monoisotopic (exact) mass is 564 g/mol. The molecule has 0 N–H and O–H groups in total. The van der Waals surface area contributed by atoms with E-state index in [9.17, 15) is 9.59 Å². The van der Waals surface area contributed by atoms with E-state index in [1.165, 1.54) is 14.2 Å². The van der Waals surface area contributed by atoms with Gasteiger partial charge in [-0.25, -0.2) is 29.5 Å². The first-order valence-electron chi connectivity index (χ1n) is 13.6. The Morgan fingerprint density at radius 2 is 0.930 bits per heavy atom. The first-order valence-corrected chi connectivity index (χ1v) is 13.6. The topological polar surface area (TPSA) is 104 Å². The van der Waals surface area contributed by atoms with Crippen LogP contribution in [0.5, 0.6) is 0 Å². The first kappa shape index (κ1) is 26.2. The summed E-state index contributed by atoms with van der Waals surface area (Å²) in [6.45, 7) is 2.04. The van der Waals surface area contributed by atoms with E-state index in [-0.39, 0.29) is 11.4 Å². The summed E-state index contributed by atoms with van der Waals surface area (Å²) < 4.78 is 9.73. The second-order valence-electron chi connectivity index (χ2n) is 10.2. The molecule has 7 aromatic rings. The van der Waals surface area contributed by atoms with Crippen LogP contribution in [-0.2, 0) is 9.47 Å². The first-order chi connectivity index (χ1) is 20.9. The lowest BCUT2D eigenvalue weighted by atomic mass is 9.99. The van der Waals surface area contributed by atoms with E-state index in [4.69, 9.17) is 19.4 Å². The number of benzene rings is 3. The molecule has 43 heavy (non-hydrogen) atoms. The van der Waals surface area contributed by atoms with Crippen LogP contribution >= 0.6 is 0 Å². The number of aromatic nitrogens is 4. The van der Waals surface area contributed by atoms with Gasteiger partial charge >= 0.3 is 11.9 Å². The minimum atomic E-state index is -0.490. The van der Waals surface area contributed by atoms with E-state index in [1.807, 2.05) is 79.7 Å². The van der Waals surface area contributed by atoms with Gasteiger partial charge in [0.15, 0.2) is 0 Å². The lowest BCUT2D eigenvalue weighted by molar-refractivity contribution is 0.0586. The van der Waals surface area contributed by atoms with Gasteiger partial charge in [-0.05, 0) is 42.8 Å². The number of pyridine rings is 4. The maximum atomic E-state index is 12.1. The maximum Gasteiger partial charge on any atom is 0.356 e. The highest BCUT2D eigenvalue weighted by atomic mass is 16.5. The lowest BCUT2D eigenvalue weighted by Gasteiger charge is -2.11. The van der Waals surface area contributed by atoms with Crippen molar-refractivity contribution in [1.82, 2.24) is 19.9 Å². The molecule has 0 radical (unpaired) electrons. The van der Waals surface area contributed by atoms with Crippen LogP contribution in [0.1, 0.15) is 26.5 Å². The van der Waals surface area contributed by atoms with Crippen LogP contribution in [0.15, 0.2) is 91.0 Å². The Kier molecular flexibility index (Phi) is 6.24. The number of aryl methyl sites for hydroxylation is 1. The molecule has 0 atom stereocenters. The minimum Gasteiger partial charge on any atom is -0.464 e. The number of rotatable bonds is 4. The number of ether oxygens (including phenoxy) is 2. The Labute approximate surface area is 246 Å². The highest BCUT2D eigenvalue weighted by Crippen LogP contribution is 2.32. The standard InChI is InChI=1S/C35H24N4O4/c1-19-18-24(26-14-9-20-4-6-22-11-16-28(34(40)42-2)38-32(22)30(20)36-26)8-13-25(19)27-15-10-21-5-7-23-12-17-29(35(41)43-3)39-33(23)31(21)37-27/h4-18H,1-3H3. The van der Waals surface area contributed by atoms with Crippen molar-refractivity contribution >= 4 is 55.6 Å². The lowest BCUT2D eigenvalue weighted by Crippen LogP contribution is -2.04. The summed E-state index contributed by atoms with van der Waals surface area (Å²) in [4.78, 5) is 43.4. The molecule has 7 rings (SSSR count). The van der Waals surface area contributed by atoms with Crippen molar-refractivity contribution in [1.29, 1.82) is 0 Å². The third kappa shape index (κ3) is 4.49. The fraction of sp³-hybridized carbons (Fsp3) is 0.0857. The summed E-state index contributed by atoms with van der Waals surface area (Å²) in [5.41, 5.74) is 7.73. The summed E-state index contributed by atoms with van der Waals surface area (Å²) >= 11 is 0. The number of fused-ring (bicyclic) bond motifs is 6. The van der Waals surface area contributed by atoms with E-state index in [0.29, 0.717) is 22.1 Å². The summed E-state index contributed by atoms with van der Waals surface area (Å²) in [6, 6.07) is 29.1. The zero-order valence-electron chi connectivity index (χ0n) is 23.6. The molecule has 8 nitrogen and oxygen atoms in total. The summed E-state index contributed by atoms with van der Waals surface area (Å²) in [5.74, 6) is -0.979. The Morgan fingerprint density at radius 1 is 0.512 bits per heavy atom. The fourth-order valence-electron chi connectivity index (χ4n) is 5.39. The van der Waals surface area contributed by atoms with Crippen molar-refractivity contribution in [2.75, 3.05) is 14.2 Å². The van der Waals surface area contributed by atoms with Gasteiger partial charge in [-0.15, -0.1) is 0 Å². The molecule has 4 aromatic heterocycles. The molecule has 0 saturated carbocycles. The van der Waals surface area contributed by atoms with Gasteiger partial charge in [0.1, 0.15) is 11.4 Å². The number of carbonyl (C=O) groups excluding carboxylic acids is 2. The van der Waals surface area contributed by atoms with E-state index in [0.717, 1.165) is 49.6 Å². The van der Waals surface area contributed by atoms with Crippen molar-refractivity contribution in [2.24, 2.45) is 0 Å². The van der Waals surface area contributed by atoms with E-state index < -0.39 is 11.9 Å². The Morgan fingerprint density at radius 3 is 1.42 bits per heavy atom. The van der Waals surface area contributed by atoms with E-state index >= 15 is 0 Å². The number of carbonyl (C=O) groups is 2. The van der Waals surface area contributed by atoms with Gasteiger partial charge in [-0.1, -0.05) is 60.7 Å². The van der Waals surface area contributed by atoms with E-state index in [1.54, 1.807) is 12.1 Å². The molecule has 208 valence electrons. The minimum absolute atomic E-state index is 0.238. The molecule has 4 heterocycles. The van der Waals surface area contributed by atoms with Crippen LogP contribution in [0.4, 0.5) is 0 Å². The number of hydrogen-bond acceptors (Lipinski definition) is 8. The zero-order valence-corrected chi connectivity index (χ0v) is 23.6. The van der Waals surface area contributed by atoms with Crippen LogP contribution in [0.3, 0.4) is 0 Å². The van der Waals surface area contributed by atoms with Crippen LogP contribution in [0.25, 0.3) is 66.1 Å². The Hall–Kier alpha value is -5.76. The van der Waals surface area contributed by atoms with Crippen molar-refractivity contribution in [2.45, 2.75) is 6.92 Å². The smallest absolute Gasteiger partial charge is 0.356 e. The molecule has 0 spiro atoms. The quantitative estimate of drug-likeness (QED) is 0.165. The van der Waals surface area contributed by atoms with Crippen LogP contribution in [-0.4, -0.2) is 46.1 Å². The van der Waals surface area contributed by atoms with Gasteiger partial charge in [0, 0.05) is 32.7 Å². The highest BCUT2D eigenvalue weighted by molar-refractivity contribution is 6.06. The molecule has 0 amide bonds. The molecule has 0 fully saturated rings. The molecule has 0 bridgehead atoms. The molecule has 0 aliphatic rings. The average Bonchev–Trinajstić information content (AvgIpc) is 3.06. The van der Waals surface area contributed by atoms with Gasteiger partial charge in [-0.2, -0.15) is 0 Å². The molecule has 0 unspecified atom stereocenters. The van der Waals surface area contributed by atoms with Crippen molar-refractivity contribution < 1.29 is 19.1 Å². The van der Waals surface area contributed by atoms with Gasteiger partial charge in [0.2, 0.25) is 0 Å². The molecule has 8 heteroatoms. The van der Waals surface area contributed by atoms with Crippen molar-refractivity contribution in [3.8, 4) is 22.5 Å². The predicted octanol–water partition coefficient (Wildman–Crippen LogP) is 7.10. The van der Waals surface area contributed by atoms with Crippen LogP contribution in [0, 0.1) is 6.92 Å². The number of hydrogen-bond donors (Lipinski definition) is 0. The Bertz CT molecular complexity index is 2280. The molecular formula is C35H24N4O4. The molecular weight excluding hydrogens is 540 g/mol. The molecule has 0 aliphatic heterocycles. The van der Waals surface area contributed by atoms with Crippen molar-refractivity contribution in [3.63, 3.8) is 0 Å². The fourth-order valence-corrected chi connectivity index (χ4v) is 5.39. The van der Waals surface area contributed by atoms with Gasteiger partial charge < -0.3 is 9.47 Å². The number of methoxy groups -OCH3 is 2. The number of nitrogens with zero attached hydrogens (tertiary/aromatic N) is 4. The third-order valence-electron chi connectivity index (χ3n) is 7.63. The van der Waals surface area contributed by atoms with Crippen molar-refractivity contribution in [3.05, 3.63) is 108 Å². The normalized spacial score (nSPS) is 11.3. The highest BCUT2D eigenvalue weighted by Gasteiger charge is 2.15. The molecule has 3 aromatic carbocycles. The zero-order chi connectivity index (χ0) is 29.7. The molecule has 0 aliphatic carbocycles. The Balaban J connectivity index is 1.31.